The van der Waals surface area contributed by atoms with E-state index < -0.39 is 12.3 Å². The Kier molecular flexibility index (Phi) is 39.8. The second-order valence-corrected chi connectivity index (χ2v) is 14.3. The Labute approximate surface area is 293 Å². The van der Waals surface area contributed by atoms with E-state index in [9.17, 15) is 9.59 Å². The quantitative estimate of drug-likeness (QED) is 0.0373. The molecule has 0 saturated carbocycles. The molecule has 0 heterocycles. The number of hydrogen-bond acceptors (Lipinski definition) is 5. The first-order valence-electron chi connectivity index (χ1n) is 21.2. The molecule has 0 amide bonds. The number of carbonyl (C=O) groups excluding carboxylic acids is 2. The minimum absolute atomic E-state index is 0.296. The zero-order valence-electron chi connectivity index (χ0n) is 31.9. The standard InChI is InChI=1S/C42H82O5/c1-3-5-7-9-11-13-15-17-19-21-23-25-27-29-31-33-35-37-39-45-41(43)47-42(44)46-40-38-36-34-32-30-28-26-24-22-20-18-16-14-12-10-8-6-4-2/h3-40H2,1-2H3. The van der Waals surface area contributed by atoms with Gasteiger partial charge in [0.15, 0.2) is 0 Å². The van der Waals surface area contributed by atoms with Crippen LogP contribution >= 0.6 is 0 Å². The van der Waals surface area contributed by atoms with E-state index in [0.29, 0.717) is 13.2 Å². The lowest BCUT2D eigenvalue weighted by Crippen LogP contribution is -2.16. The van der Waals surface area contributed by atoms with Crippen molar-refractivity contribution in [2.45, 2.75) is 245 Å². The van der Waals surface area contributed by atoms with Gasteiger partial charge in [0, 0.05) is 0 Å². The monoisotopic (exact) mass is 667 g/mol. The first-order valence-corrected chi connectivity index (χ1v) is 21.2. The predicted molar refractivity (Wildman–Crippen MR) is 201 cm³/mol. The molecule has 0 rings (SSSR count). The van der Waals surface area contributed by atoms with E-state index in [2.05, 4.69) is 18.6 Å². The third-order valence-electron chi connectivity index (χ3n) is 9.60. The Hall–Kier alpha value is -1.26. The second-order valence-electron chi connectivity index (χ2n) is 14.3. The molecule has 5 heteroatoms. The van der Waals surface area contributed by atoms with E-state index in [0.717, 1.165) is 38.5 Å². The summed E-state index contributed by atoms with van der Waals surface area (Å²) in [4.78, 5) is 23.4. The summed E-state index contributed by atoms with van der Waals surface area (Å²) in [5, 5.41) is 0. The second kappa shape index (κ2) is 40.9. The lowest BCUT2D eigenvalue weighted by atomic mass is 10.0. The Balaban J connectivity index is 3.25. The van der Waals surface area contributed by atoms with Crippen LogP contribution < -0.4 is 0 Å². The topological polar surface area (TPSA) is 61.8 Å². The normalized spacial score (nSPS) is 11.2. The van der Waals surface area contributed by atoms with Crippen molar-refractivity contribution in [1.82, 2.24) is 0 Å². The summed E-state index contributed by atoms with van der Waals surface area (Å²) >= 11 is 0. The predicted octanol–water partition coefficient (Wildman–Crippen LogP) is 15.4. The molecule has 0 aliphatic carbocycles. The maximum absolute atomic E-state index is 11.7. The van der Waals surface area contributed by atoms with E-state index in [-0.39, 0.29) is 0 Å². The molecule has 0 unspecified atom stereocenters. The molecule has 0 N–H and O–H groups in total. The highest BCUT2D eigenvalue weighted by atomic mass is 16.8. The Bertz CT molecular complexity index is 570. The van der Waals surface area contributed by atoms with Crippen LogP contribution in [0.25, 0.3) is 0 Å². The average molecular weight is 667 g/mol. The van der Waals surface area contributed by atoms with Gasteiger partial charge in [-0.05, 0) is 12.8 Å². The molecule has 5 nitrogen and oxygen atoms in total. The largest absolute Gasteiger partial charge is 0.518 e. The molecule has 0 aromatic rings. The minimum Gasteiger partial charge on any atom is -0.434 e. The van der Waals surface area contributed by atoms with Crippen LogP contribution in [0.1, 0.15) is 245 Å². The molecule has 0 bridgehead atoms. The summed E-state index contributed by atoms with van der Waals surface area (Å²) in [7, 11) is 0. The summed E-state index contributed by atoms with van der Waals surface area (Å²) < 4.78 is 14.6. The number of carbonyl (C=O) groups is 2. The molecule has 47 heavy (non-hydrogen) atoms. The molecule has 280 valence electrons. The van der Waals surface area contributed by atoms with Crippen molar-refractivity contribution in [2.24, 2.45) is 0 Å². The SMILES string of the molecule is CCCCCCCCCCCCCCCCCCCCOC(=O)OC(=O)OCCCCCCCCCCCCCCCCCCCC. The zero-order valence-corrected chi connectivity index (χ0v) is 31.9. The van der Waals surface area contributed by atoms with Crippen LogP contribution in [0.3, 0.4) is 0 Å². The van der Waals surface area contributed by atoms with Crippen molar-refractivity contribution in [3.63, 3.8) is 0 Å². The number of ether oxygens (including phenoxy) is 3. The van der Waals surface area contributed by atoms with Crippen molar-refractivity contribution in [2.75, 3.05) is 13.2 Å². The van der Waals surface area contributed by atoms with E-state index in [1.54, 1.807) is 0 Å². The van der Waals surface area contributed by atoms with E-state index in [4.69, 9.17) is 9.47 Å². The van der Waals surface area contributed by atoms with Gasteiger partial charge in [-0.2, -0.15) is 0 Å². The van der Waals surface area contributed by atoms with Gasteiger partial charge in [0.05, 0.1) is 13.2 Å². The molecule has 0 aromatic carbocycles. The molecule has 0 aliphatic heterocycles. The van der Waals surface area contributed by atoms with Gasteiger partial charge in [0.25, 0.3) is 0 Å². The number of unbranched alkanes of at least 4 members (excludes halogenated alkanes) is 34. The third-order valence-corrected chi connectivity index (χ3v) is 9.60. The summed E-state index contributed by atoms with van der Waals surface area (Å²) in [5.41, 5.74) is 0. The molecule has 0 aliphatic rings. The van der Waals surface area contributed by atoms with Gasteiger partial charge < -0.3 is 14.2 Å². The third kappa shape index (κ3) is 40.8. The minimum atomic E-state index is -0.945. The van der Waals surface area contributed by atoms with Crippen molar-refractivity contribution in [1.29, 1.82) is 0 Å². The van der Waals surface area contributed by atoms with Crippen molar-refractivity contribution in [3.05, 3.63) is 0 Å². The lowest BCUT2D eigenvalue weighted by Gasteiger charge is -2.06. The smallest absolute Gasteiger partial charge is 0.434 e. The van der Waals surface area contributed by atoms with Crippen LogP contribution in [0.2, 0.25) is 0 Å². The maximum atomic E-state index is 11.7. The van der Waals surface area contributed by atoms with Gasteiger partial charge in [-0.3, -0.25) is 0 Å². The van der Waals surface area contributed by atoms with Crippen LogP contribution in [0.15, 0.2) is 0 Å². The van der Waals surface area contributed by atoms with E-state index in [1.165, 1.54) is 193 Å². The summed E-state index contributed by atoms with van der Waals surface area (Å²) in [5.74, 6) is 0. The van der Waals surface area contributed by atoms with Crippen LogP contribution in [-0.2, 0) is 14.2 Å². The van der Waals surface area contributed by atoms with Crippen LogP contribution in [0.5, 0.6) is 0 Å². The summed E-state index contributed by atoms with van der Waals surface area (Å²) in [6.45, 7) is 5.15. The maximum Gasteiger partial charge on any atom is 0.518 e. The van der Waals surface area contributed by atoms with Gasteiger partial charge >= 0.3 is 12.3 Å². The van der Waals surface area contributed by atoms with Crippen LogP contribution in [0.4, 0.5) is 9.59 Å². The van der Waals surface area contributed by atoms with E-state index in [1.807, 2.05) is 0 Å². The average Bonchev–Trinajstić information content (AvgIpc) is 3.06. The fourth-order valence-electron chi connectivity index (χ4n) is 6.45. The van der Waals surface area contributed by atoms with Gasteiger partial charge in [-0.15, -0.1) is 0 Å². The van der Waals surface area contributed by atoms with Gasteiger partial charge in [-0.1, -0.05) is 232 Å². The molecular formula is C42H82O5. The first-order chi connectivity index (χ1) is 23.2. The van der Waals surface area contributed by atoms with E-state index >= 15 is 0 Å². The highest BCUT2D eigenvalue weighted by Crippen LogP contribution is 2.16. The first kappa shape index (κ1) is 45.7. The van der Waals surface area contributed by atoms with Crippen molar-refractivity contribution >= 4 is 12.3 Å². The molecule has 0 fully saturated rings. The van der Waals surface area contributed by atoms with Gasteiger partial charge in [0.2, 0.25) is 0 Å². The molecule has 0 atom stereocenters. The fourth-order valence-corrected chi connectivity index (χ4v) is 6.45. The Morgan fingerprint density at radius 2 is 0.447 bits per heavy atom. The highest BCUT2D eigenvalue weighted by molar-refractivity contribution is 5.76. The summed E-state index contributed by atoms with van der Waals surface area (Å²) in [6.07, 6.45) is 45.6. The Morgan fingerprint density at radius 1 is 0.277 bits per heavy atom. The summed E-state index contributed by atoms with van der Waals surface area (Å²) in [6, 6.07) is 0. The number of rotatable bonds is 38. The van der Waals surface area contributed by atoms with Crippen molar-refractivity contribution in [3.8, 4) is 0 Å². The van der Waals surface area contributed by atoms with Gasteiger partial charge in [0.1, 0.15) is 0 Å². The van der Waals surface area contributed by atoms with Crippen LogP contribution in [0, 0.1) is 0 Å². The Morgan fingerprint density at radius 3 is 0.638 bits per heavy atom. The molecule has 0 saturated heterocycles. The number of hydrogen-bond donors (Lipinski definition) is 0. The molecular weight excluding hydrogens is 584 g/mol. The zero-order chi connectivity index (χ0) is 34.1. The van der Waals surface area contributed by atoms with Crippen LogP contribution in [-0.4, -0.2) is 25.5 Å². The van der Waals surface area contributed by atoms with Crippen molar-refractivity contribution < 1.29 is 23.8 Å². The molecule has 0 aromatic heterocycles. The van der Waals surface area contributed by atoms with Gasteiger partial charge in [-0.25, -0.2) is 9.59 Å². The lowest BCUT2D eigenvalue weighted by molar-refractivity contribution is 0.0353. The molecule has 0 radical (unpaired) electrons. The highest BCUT2D eigenvalue weighted by Gasteiger charge is 2.12. The molecule has 0 spiro atoms. The fraction of sp³-hybridized carbons (Fsp3) is 0.952.